The van der Waals surface area contributed by atoms with Crippen molar-refractivity contribution in [1.29, 1.82) is 0 Å². The SMILES string of the molecule is O=C(O)C(CO)(CO)COCC(CO)(CO)C(=O)O. The molecule has 19 heavy (non-hydrogen) atoms. The predicted octanol–water partition coefficient (Wildman–Crippen LogP) is -2.89. The Kier molecular flexibility index (Phi) is 6.87. The summed E-state index contributed by atoms with van der Waals surface area (Å²) in [6, 6.07) is 0. The van der Waals surface area contributed by atoms with E-state index in [0.717, 1.165) is 0 Å². The zero-order valence-corrected chi connectivity index (χ0v) is 10.2. The van der Waals surface area contributed by atoms with Crippen LogP contribution in [-0.2, 0) is 14.3 Å². The first-order chi connectivity index (χ1) is 8.84. The van der Waals surface area contributed by atoms with Crippen LogP contribution in [0.2, 0.25) is 0 Å². The zero-order chi connectivity index (χ0) is 15.1. The van der Waals surface area contributed by atoms with E-state index in [-0.39, 0.29) is 0 Å². The van der Waals surface area contributed by atoms with Crippen molar-refractivity contribution in [2.75, 3.05) is 39.6 Å². The molecule has 9 nitrogen and oxygen atoms in total. The van der Waals surface area contributed by atoms with Gasteiger partial charge in [0, 0.05) is 0 Å². The minimum atomic E-state index is -1.96. The van der Waals surface area contributed by atoms with Gasteiger partial charge in [-0.3, -0.25) is 9.59 Å². The molecule has 112 valence electrons. The van der Waals surface area contributed by atoms with Gasteiger partial charge >= 0.3 is 11.9 Å². The van der Waals surface area contributed by atoms with E-state index in [1.165, 1.54) is 0 Å². The fourth-order valence-electron chi connectivity index (χ4n) is 1.12. The fourth-order valence-corrected chi connectivity index (χ4v) is 1.12. The van der Waals surface area contributed by atoms with Gasteiger partial charge in [-0.1, -0.05) is 0 Å². The van der Waals surface area contributed by atoms with Crippen LogP contribution in [0.4, 0.5) is 0 Å². The second-order valence-corrected chi connectivity index (χ2v) is 4.30. The van der Waals surface area contributed by atoms with E-state index in [2.05, 4.69) is 0 Å². The van der Waals surface area contributed by atoms with Crippen LogP contribution in [0.1, 0.15) is 0 Å². The van der Waals surface area contributed by atoms with Crippen molar-refractivity contribution in [3.05, 3.63) is 0 Å². The average Bonchev–Trinajstić information content (AvgIpc) is 2.39. The normalized spacial score (nSPS) is 12.4. The Morgan fingerprint density at radius 1 is 0.737 bits per heavy atom. The minimum Gasteiger partial charge on any atom is -0.481 e. The van der Waals surface area contributed by atoms with Gasteiger partial charge in [-0.25, -0.2) is 0 Å². The van der Waals surface area contributed by atoms with Gasteiger partial charge in [0.05, 0.1) is 39.6 Å². The number of aliphatic hydroxyl groups excluding tert-OH is 4. The van der Waals surface area contributed by atoms with E-state index in [4.69, 9.17) is 35.4 Å². The summed E-state index contributed by atoms with van der Waals surface area (Å²) < 4.78 is 4.85. The Hall–Kier alpha value is -1.26. The second kappa shape index (κ2) is 7.36. The maximum Gasteiger partial charge on any atom is 0.316 e. The summed E-state index contributed by atoms with van der Waals surface area (Å²) >= 11 is 0. The number of hydrogen-bond acceptors (Lipinski definition) is 7. The summed E-state index contributed by atoms with van der Waals surface area (Å²) in [5.41, 5.74) is -3.93. The Morgan fingerprint density at radius 2 is 1.00 bits per heavy atom. The minimum absolute atomic E-state index is 0.662. The molecule has 0 fully saturated rings. The molecule has 0 spiro atoms. The molecule has 6 N–H and O–H groups in total. The van der Waals surface area contributed by atoms with Gasteiger partial charge in [0.2, 0.25) is 0 Å². The highest BCUT2D eigenvalue weighted by Gasteiger charge is 2.42. The van der Waals surface area contributed by atoms with Gasteiger partial charge < -0.3 is 35.4 Å². The van der Waals surface area contributed by atoms with E-state index in [1.54, 1.807) is 0 Å². The van der Waals surface area contributed by atoms with Gasteiger partial charge in [0.15, 0.2) is 0 Å². The van der Waals surface area contributed by atoms with Crippen LogP contribution >= 0.6 is 0 Å². The summed E-state index contributed by atoms with van der Waals surface area (Å²) in [5.74, 6) is -3.02. The number of carbonyl (C=O) groups is 2. The Labute approximate surface area is 108 Å². The summed E-state index contributed by atoms with van der Waals surface area (Å²) in [6.07, 6.45) is 0. The Bertz CT molecular complexity index is 276. The number of aliphatic carboxylic acids is 2. The highest BCUT2D eigenvalue weighted by Crippen LogP contribution is 2.21. The maximum absolute atomic E-state index is 10.9. The standard InChI is InChI=1S/C10H18O9/c11-1-9(2-12,7(15)16)5-19-6-10(3-13,4-14)8(17)18/h11-14H,1-6H2,(H,15,16)(H,17,18). The van der Waals surface area contributed by atoms with Crippen LogP contribution < -0.4 is 0 Å². The van der Waals surface area contributed by atoms with E-state index in [0.29, 0.717) is 0 Å². The molecule has 9 heteroatoms. The van der Waals surface area contributed by atoms with Crippen molar-refractivity contribution >= 4 is 11.9 Å². The van der Waals surface area contributed by atoms with Crippen LogP contribution in [0.25, 0.3) is 0 Å². The lowest BCUT2D eigenvalue weighted by Gasteiger charge is -2.28. The van der Waals surface area contributed by atoms with E-state index < -0.39 is 62.4 Å². The molecule has 0 atom stereocenters. The van der Waals surface area contributed by atoms with E-state index in [9.17, 15) is 9.59 Å². The Morgan fingerprint density at radius 3 is 1.16 bits per heavy atom. The Balaban J connectivity index is 4.72. The third-order valence-electron chi connectivity index (χ3n) is 2.87. The summed E-state index contributed by atoms with van der Waals surface area (Å²) in [4.78, 5) is 21.8. The molecule has 0 saturated heterocycles. The lowest BCUT2D eigenvalue weighted by molar-refractivity contribution is -0.168. The maximum atomic E-state index is 10.9. The first-order valence-electron chi connectivity index (χ1n) is 5.32. The van der Waals surface area contributed by atoms with Crippen LogP contribution in [0.5, 0.6) is 0 Å². The number of ether oxygens (including phenoxy) is 1. The third kappa shape index (κ3) is 3.85. The van der Waals surface area contributed by atoms with Crippen molar-refractivity contribution in [2.24, 2.45) is 10.8 Å². The lowest BCUT2D eigenvalue weighted by atomic mass is 9.90. The van der Waals surface area contributed by atoms with Crippen molar-refractivity contribution in [2.45, 2.75) is 0 Å². The van der Waals surface area contributed by atoms with Crippen molar-refractivity contribution in [3.63, 3.8) is 0 Å². The first kappa shape index (κ1) is 17.7. The van der Waals surface area contributed by atoms with Crippen LogP contribution in [0.3, 0.4) is 0 Å². The number of rotatable bonds is 10. The summed E-state index contributed by atoms with van der Waals surface area (Å²) in [5, 5.41) is 53.6. The molecule has 0 rings (SSSR count). The molecule has 0 aromatic carbocycles. The number of hydrogen-bond donors (Lipinski definition) is 6. The van der Waals surface area contributed by atoms with Gasteiger partial charge in [0.25, 0.3) is 0 Å². The first-order valence-corrected chi connectivity index (χ1v) is 5.32. The van der Waals surface area contributed by atoms with Crippen molar-refractivity contribution in [1.82, 2.24) is 0 Å². The number of aliphatic hydroxyl groups is 4. The smallest absolute Gasteiger partial charge is 0.316 e. The quantitative estimate of drug-likeness (QED) is 0.247. The van der Waals surface area contributed by atoms with Crippen LogP contribution in [-0.4, -0.2) is 82.2 Å². The van der Waals surface area contributed by atoms with Gasteiger partial charge in [0.1, 0.15) is 10.8 Å². The summed E-state index contributed by atoms with van der Waals surface area (Å²) in [6.45, 7) is -4.95. The summed E-state index contributed by atoms with van der Waals surface area (Å²) in [7, 11) is 0. The molecular formula is C10H18O9. The van der Waals surface area contributed by atoms with Crippen molar-refractivity contribution in [3.8, 4) is 0 Å². The molecule has 0 aliphatic carbocycles. The number of carboxylic acids is 2. The molecule has 0 aliphatic heterocycles. The van der Waals surface area contributed by atoms with E-state index in [1.807, 2.05) is 0 Å². The molecule has 0 aliphatic rings. The largest absolute Gasteiger partial charge is 0.481 e. The molecule has 0 bridgehead atoms. The highest BCUT2D eigenvalue weighted by molar-refractivity contribution is 5.76. The third-order valence-corrected chi connectivity index (χ3v) is 2.87. The average molecular weight is 282 g/mol. The zero-order valence-electron chi connectivity index (χ0n) is 10.2. The molecule has 0 unspecified atom stereocenters. The molecule has 0 aromatic rings. The van der Waals surface area contributed by atoms with Gasteiger partial charge in [-0.15, -0.1) is 0 Å². The lowest BCUT2D eigenvalue weighted by Crippen LogP contribution is -2.47. The monoisotopic (exact) mass is 282 g/mol. The highest BCUT2D eigenvalue weighted by atomic mass is 16.5. The van der Waals surface area contributed by atoms with E-state index >= 15 is 0 Å². The molecule has 0 heterocycles. The van der Waals surface area contributed by atoms with Gasteiger partial charge in [-0.2, -0.15) is 0 Å². The molecule has 0 aromatic heterocycles. The predicted molar refractivity (Wildman–Crippen MR) is 59.3 cm³/mol. The molecule has 0 radical (unpaired) electrons. The second-order valence-electron chi connectivity index (χ2n) is 4.30. The van der Waals surface area contributed by atoms with Crippen LogP contribution in [0.15, 0.2) is 0 Å². The molecule has 0 amide bonds. The van der Waals surface area contributed by atoms with Crippen molar-refractivity contribution < 1.29 is 45.0 Å². The fraction of sp³-hybridized carbons (Fsp3) is 0.800. The topological polar surface area (TPSA) is 165 Å². The molecular weight excluding hydrogens is 264 g/mol. The van der Waals surface area contributed by atoms with Gasteiger partial charge in [-0.05, 0) is 0 Å². The number of carboxylic acid groups (broad SMARTS) is 2. The van der Waals surface area contributed by atoms with Crippen LogP contribution in [0, 0.1) is 10.8 Å². The molecule has 0 saturated carbocycles.